The van der Waals surface area contributed by atoms with Gasteiger partial charge in [0, 0.05) is 34.9 Å². The molecule has 3 fully saturated rings. The lowest BCUT2D eigenvalue weighted by molar-refractivity contribution is -0.148. The first-order valence-corrected chi connectivity index (χ1v) is 13.0. The van der Waals surface area contributed by atoms with Crippen molar-refractivity contribution in [1.29, 1.82) is 0 Å². The third-order valence-electron chi connectivity index (χ3n) is 8.35. The predicted molar refractivity (Wildman–Crippen MR) is 139 cm³/mol. The summed E-state index contributed by atoms with van der Waals surface area (Å²) in [5, 5.41) is 27.3. The number of fused-ring (bicyclic) bond motifs is 4. The van der Waals surface area contributed by atoms with E-state index in [0.717, 1.165) is 31.9 Å². The number of rotatable bonds is 7. The number of hydrogen-bond donors (Lipinski definition) is 4. The highest BCUT2D eigenvalue weighted by Gasteiger charge is 2.47. The van der Waals surface area contributed by atoms with Crippen molar-refractivity contribution < 1.29 is 28.6 Å². The number of pyridine rings is 1. The largest absolute Gasteiger partial charge is 0.481 e. The molecule has 208 valence electrons. The van der Waals surface area contributed by atoms with Gasteiger partial charge in [-0.25, -0.2) is 28.5 Å². The van der Waals surface area contributed by atoms with Crippen LogP contribution in [-0.4, -0.2) is 57.9 Å². The molecule has 13 heteroatoms. The molecule has 40 heavy (non-hydrogen) atoms. The predicted octanol–water partition coefficient (Wildman–Crippen LogP) is 4.28. The lowest BCUT2D eigenvalue weighted by Crippen LogP contribution is -2.51. The Morgan fingerprint density at radius 3 is 2.52 bits per heavy atom. The van der Waals surface area contributed by atoms with Gasteiger partial charge in [-0.15, -0.1) is 0 Å². The van der Waals surface area contributed by atoms with Gasteiger partial charge in [-0.3, -0.25) is 9.48 Å². The minimum Gasteiger partial charge on any atom is -0.481 e. The van der Waals surface area contributed by atoms with Crippen molar-refractivity contribution in [2.45, 2.75) is 51.1 Å². The van der Waals surface area contributed by atoms with Crippen LogP contribution in [0.4, 0.5) is 14.6 Å². The summed E-state index contributed by atoms with van der Waals surface area (Å²) in [5.74, 6) is -4.27. The van der Waals surface area contributed by atoms with Crippen LogP contribution in [0.25, 0.3) is 33.7 Å². The summed E-state index contributed by atoms with van der Waals surface area (Å²) in [6, 6.07) is 0.729. The zero-order valence-electron chi connectivity index (χ0n) is 21.7. The Bertz CT molecular complexity index is 1640. The zero-order valence-corrected chi connectivity index (χ0v) is 21.7. The van der Waals surface area contributed by atoms with Crippen molar-refractivity contribution in [3.63, 3.8) is 0 Å². The normalized spacial score (nSPS) is 22.5. The number of aliphatic carboxylic acids is 2. The number of carbonyl (C=O) groups is 2. The van der Waals surface area contributed by atoms with Gasteiger partial charge in [-0.1, -0.05) is 0 Å². The van der Waals surface area contributed by atoms with Crippen LogP contribution in [0.15, 0.2) is 30.9 Å². The molecule has 2 atom stereocenters. The van der Waals surface area contributed by atoms with Crippen molar-refractivity contribution in [2.75, 3.05) is 5.32 Å². The average Bonchev–Trinajstić information content (AvgIpc) is 3.58. The number of nitrogens with zero attached hydrogens (tertiary/aromatic N) is 5. The van der Waals surface area contributed by atoms with Gasteiger partial charge < -0.3 is 20.5 Å². The van der Waals surface area contributed by atoms with Gasteiger partial charge >= 0.3 is 11.9 Å². The number of aromatic nitrogens is 6. The van der Waals surface area contributed by atoms with Gasteiger partial charge in [-0.2, -0.15) is 5.10 Å². The lowest BCUT2D eigenvalue weighted by atomic mass is 9.61. The van der Waals surface area contributed by atoms with Crippen LogP contribution in [0.1, 0.15) is 39.5 Å². The van der Waals surface area contributed by atoms with E-state index in [1.54, 1.807) is 0 Å². The Morgan fingerprint density at radius 2 is 1.82 bits per heavy atom. The molecule has 0 radical (unpaired) electrons. The summed E-state index contributed by atoms with van der Waals surface area (Å²) in [7, 11) is 0. The highest BCUT2D eigenvalue weighted by Crippen LogP contribution is 2.46. The van der Waals surface area contributed by atoms with Crippen LogP contribution in [0.2, 0.25) is 0 Å². The molecule has 4 N–H and O–H groups in total. The van der Waals surface area contributed by atoms with Crippen LogP contribution in [-0.2, 0) is 15.1 Å². The third kappa shape index (κ3) is 4.16. The van der Waals surface area contributed by atoms with E-state index in [-0.39, 0.29) is 34.7 Å². The van der Waals surface area contributed by atoms with Crippen LogP contribution in [0, 0.1) is 29.4 Å². The molecule has 11 nitrogen and oxygen atoms in total. The number of H-pyrrole nitrogens is 1. The van der Waals surface area contributed by atoms with Crippen molar-refractivity contribution in [3.8, 4) is 22.6 Å². The molecule has 4 heterocycles. The molecule has 4 aromatic heterocycles. The highest BCUT2D eigenvalue weighted by atomic mass is 19.1. The first-order valence-electron chi connectivity index (χ1n) is 13.0. The molecule has 3 aliphatic rings. The fourth-order valence-electron chi connectivity index (χ4n) is 6.04. The van der Waals surface area contributed by atoms with Gasteiger partial charge in [0.05, 0.1) is 18.3 Å². The number of carboxylic acids is 2. The minimum atomic E-state index is -1.41. The summed E-state index contributed by atoms with van der Waals surface area (Å²) < 4.78 is 31.5. The van der Waals surface area contributed by atoms with Crippen molar-refractivity contribution >= 4 is 28.8 Å². The van der Waals surface area contributed by atoms with E-state index in [0.29, 0.717) is 16.6 Å². The van der Waals surface area contributed by atoms with E-state index in [9.17, 15) is 24.2 Å². The standard InChI is InChI=1S/C27H27F2N7O4/c1-27(2,26(39)40)36-11-14(8-32-36)21-19(29)24(33-20-13-5-3-12(4-6-13)18(20)25(37)38)35-23(34-21)17-10-31-22-16(17)7-15(28)9-30-22/h7-13,18,20H,3-6H2,1-2H3,(H,30,31)(H,37,38)(H,39,40)(H,33,34,35)/t12?,13?,18-,20-/m0/s1. The van der Waals surface area contributed by atoms with E-state index in [2.05, 4.69) is 30.4 Å². The number of aromatic amines is 1. The Kier molecular flexibility index (Phi) is 6.04. The van der Waals surface area contributed by atoms with Gasteiger partial charge in [0.25, 0.3) is 0 Å². The molecule has 3 aliphatic carbocycles. The summed E-state index contributed by atoms with van der Waals surface area (Å²) in [5.41, 5.74) is -0.632. The van der Waals surface area contributed by atoms with E-state index in [1.807, 2.05) is 0 Å². The van der Waals surface area contributed by atoms with E-state index >= 15 is 4.39 Å². The molecule has 0 spiro atoms. The van der Waals surface area contributed by atoms with E-state index in [1.165, 1.54) is 43.2 Å². The molecule has 0 aliphatic heterocycles. The fourth-order valence-corrected chi connectivity index (χ4v) is 6.04. The molecule has 0 saturated heterocycles. The summed E-state index contributed by atoms with van der Waals surface area (Å²) in [4.78, 5) is 39.9. The SMILES string of the molecule is CC(C)(C(=O)O)n1cc(-c2nc(-c3c[nH]c4ncc(F)cc34)nc(N[C@H]3C4CCC(CC4)[C@@H]3C(=O)O)c2F)cn1. The zero-order chi connectivity index (χ0) is 28.3. The van der Waals surface area contributed by atoms with Crippen molar-refractivity contribution in [2.24, 2.45) is 17.8 Å². The monoisotopic (exact) mass is 551 g/mol. The fraction of sp³-hybridized carbons (Fsp3) is 0.407. The molecule has 7 rings (SSSR count). The first kappa shape index (κ1) is 25.8. The van der Waals surface area contributed by atoms with E-state index in [4.69, 9.17) is 0 Å². The second-order valence-electron chi connectivity index (χ2n) is 11.1. The van der Waals surface area contributed by atoms with E-state index < -0.39 is 41.1 Å². The first-order chi connectivity index (χ1) is 19.0. The lowest BCUT2D eigenvalue weighted by Gasteiger charge is -2.47. The third-order valence-corrected chi connectivity index (χ3v) is 8.35. The Balaban J connectivity index is 1.50. The van der Waals surface area contributed by atoms with Gasteiger partial charge in [0.15, 0.2) is 23.0 Å². The molecular formula is C27H27F2N7O4. The summed E-state index contributed by atoms with van der Waals surface area (Å²) in [6.45, 7) is 2.91. The van der Waals surface area contributed by atoms with Crippen LogP contribution >= 0.6 is 0 Å². The molecule has 0 unspecified atom stereocenters. The quantitative estimate of drug-likeness (QED) is 0.263. The molecule has 2 bridgehead atoms. The van der Waals surface area contributed by atoms with Crippen LogP contribution in [0.5, 0.6) is 0 Å². The van der Waals surface area contributed by atoms with Crippen LogP contribution in [0.3, 0.4) is 0 Å². The summed E-state index contributed by atoms with van der Waals surface area (Å²) >= 11 is 0. The van der Waals surface area contributed by atoms with Crippen LogP contribution < -0.4 is 5.32 Å². The van der Waals surface area contributed by atoms with Gasteiger partial charge in [-0.05, 0) is 57.4 Å². The smallest absolute Gasteiger partial charge is 0.331 e. The maximum atomic E-state index is 16.2. The number of hydrogen-bond acceptors (Lipinski definition) is 7. The maximum Gasteiger partial charge on any atom is 0.331 e. The Morgan fingerprint density at radius 1 is 1.10 bits per heavy atom. The van der Waals surface area contributed by atoms with Gasteiger partial charge in [0.2, 0.25) is 0 Å². The second-order valence-corrected chi connectivity index (χ2v) is 11.1. The highest BCUT2D eigenvalue weighted by molar-refractivity contribution is 5.92. The molecule has 4 aromatic rings. The number of carboxylic acid groups (broad SMARTS) is 2. The molecule has 0 amide bonds. The molecular weight excluding hydrogens is 524 g/mol. The van der Waals surface area contributed by atoms with Crippen molar-refractivity contribution in [3.05, 3.63) is 42.5 Å². The molecule has 0 aromatic carbocycles. The number of nitrogens with one attached hydrogen (secondary N) is 2. The van der Waals surface area contributed by atoms with Gasteiger partial charge in [0.1, 0.15) is 17.2 Å². The summed E-state index contributed by atoms with van der Waals surface area (Å²) in [6.07, 6.45) is 8.59. The average molecular weight is 552 g/mol. The molecule has 3 saturated carbocycles. The number of halogens is 2. The number of anilines is 1. The Hall–Kier alpha value is -4.42. The minimum absolute atomic E-state index is 0.0111. The Labute approximate surface area is 226 Å². The van der Waals surface area contributed by atoms with Crippen molar-refractivity contribution in [1.82, 2.24) is 29.7 Å². The maximum absolute atomic E-state index is 16.2. The second kappa shape index (κ2) is 9.35. The topological polar surface area (TPSA) is 159 Å².